The standard InChI is InChI=1S/C20H28N4O3/c1-3-27-17-7-6-16(12-18(17)26-2)13-22-9-8-19-21-24(14-15-4-5-15)20(25)23(19)11-10-22/h6-7,12,15H,3-5,8-11,13-14H2,1-2H3. The largest absolute Gasteiger partial charge is 0.493 e. The van der Waals surface area contributed by atoms with E-state index in [1.54, 1.807) is 11.8 Å². The van der Waals surface area contributed by atoms with Gasteiger partial charge in [0.05, 0.1) is 13.7 Å². The predicted molar refractivity (Wildman–Crippen MR) is 102 cm³/mol. The number of hydrogen-bond acceptors (Lipinski definition) is 5. The van der Waals surface area contributed by atoms with Gasteiger partial charge in [-0.2, -0.15) is 5.10 Å². The Morgan fingerprint density at radius 3 is 2.78 bits per heavy atom. The summed E-state index contributed by atoms with van der Waals surface area (Å²) in [5, 5.41) is 4.60. The highest BCUT2D eigenvalue weighted by molar-refractivity contribution is 5.42. The molecule has 1 aromatic carbocycles. The Hall–Kier alpha value is -2.28. The zero-order valence-corrected chi connectivity index (χ0v) is 16.2. The molecule has 7 heteroatoms. The van der Waals surface area contributed by atoms with Crippen LogP contribution in [0.5, 0.6) is 11.5 Å². The first-order valence-corrected chi connectivity index (χ1v) is 9.86. The monoisotopic (exact) mass is 372 g/mol. The van der Waals surface area contributed by atoms with Crippen molar-refractivity contribution in [3.8, 4) is 11.5 Å². The van der Waals surface area contributed by atoms with Crippen LogP contribution in [0.1, 0.15) is 31.2 Å². The predicted octanol–water partition coefficient (Wildman–Crippen LogP) is 1.92. The molecule has 2 aromatic rings. The van der Waals surface area contributed by atoms with Crippen molar-refractivity contribution in [2.45, 2.75) is 45.8 Å². The summed E-state index contributed by atoms with van der Waals surface area (Å²) in [7, 11) is 1.67. The zero-order valence-electron chi connectivity index (χ0n) is 16.2. The second kappa shape index (κ2) is 7.76. The molecule has 0 saturated heterocycles. The van der Waals surface area contributed by atoms with Crippen LogP contribution in [0.2, 0.25) is 0 Å². The Morgan fingerprint density at radius 1 is 1.19 bits per heavy atom. The number of ether oxygens (including phenoxy) is 2. The highest BCUT2D eigenvalue weighted by Crippen LogP contribution is 2.30. The molecule has 1 aliphatic carbocycles. The van der Waals surface area contributed by atoms with Crippen LogP contribution in [0, 0.1) is 5.92 Å². The van der Waals surface area contributed by atoms with E-state index in [0.29, 0.717) is 19.1 Å². The van der Waals surface area contributed by atoms with Gasteiger partial charge in [0.1, 0.15) is 5.82 Å². The van der Waals surface area contributed by atoms with E-state index in [1.165, 1.54) is 18.4 Å². The van der Waals surface area contributed by atoms with Crippen LogP contribution in [-0.2, 0) is 26.1 Å². The topological polar surface area (TPSA) is 61.5 Å². The zero-order chi connectivity index (χ0) is 18.8. The third-order valence-electron chi connectivity index (χ3n) is 5.35. The molecule has 1 saturated carbocycles. The summed E-state index contributed by atoms with van der Waals surface area (Å²) >= 11 is 0. The van der Waals surface area contributed by atoms with E-state index < -0.39 is 0 Å². The maximum atomic E-state index is 12.6. The fourth-order valence-corrected chi connectivity index (χ4v) is 3.67. The van der Waals surface area contributed by atoms with Crippen LogP contribution in [0.25, 0.3) is 0 Å². The Kier molecular flexibility index (Phi) is 5.20. The lowest BCUT2D eigenvalue weighted by atomic mass is 10.2. The van der Waals surface area contributed by atoms with Crippen LogP contribution in [0.3, 0.4) is 0 Å². The molecule has 27 heavy (non-hydrogen) atoms. The second-order valence-corrected chi connectivity index (χ2v) is 7.42. The van der Waals surface area contributed by atoms with Gasteiger partial charge in [-0.15, -0.1) is 0 Å². The van der Waals surface area contributed by atoms with E-state index in [4.69, 9.17) is 9.47 Å². The molecular formula is C20H28N4O3. The lowest BCUT2D eigenvalue weighted by Gasteiger charge is -2.20. The van der Waals surface area contributed by atoms with Gasteiger partial charge in [-0.05, 0) is 43.4 Å². The summed E-state index contributed by atoms with van der Waals surface area (Å²) in [6, 6.07) is 6.09. The van der Waals surface area contributed by atoms with Crippen molar-refractivity contribution in [3.05, 3.63) is 40.1 Å². The summed E-state index contributed by atoms with van der Waals surface area (Å²) in [5.41, 5.74) is 1.24. The normalized spacial score (nSPS) is 17.4. The van der Waals surface area contributed by atoms with Crippen LogP contribution in [-0.4, -0.2) is 46.1 Å². The maximum absolute atomic E-state index is 12.6. The van der Waals surface area contributed by atoms with E-state index in [1.807, 2.05) is 23.6 Å². The molecule has 0 bridgehead atoms. The summed E-state index contributed by atoms with van der Waals surface area (Å²) in [4.78, 5) is 15.0. The van der Waals surface area contributed by atoms with Gasteiger partial charge in [0.2, 0.25) is 0 Å². The molecule has 4 rings (SSSR count). The van der Waals surface area contributed by atoms with Crippen molar-refractivity contribution in [1.29, 1.82) is 0 Å². The number of methoxy groups -OCH3 is 1. The molecule has 0 atom stereocenters. The Labute approximate surface area is 159 Å². The molecule has 1 aliphatic heterocycles. The van der Waals surface area contributed by atoms with Gasteiger partial charge in [0.25, 0.3) is 0 Å². The first-order valence-electron chi connectivity index (χ1n) is 9.86. The fraction of sp³-hybridized carbons (Fsp3) is 0.600. The molecule has 1 aromatic heterocycles. The van der Waals surface area contributed by atoms with E-state index in [-0.39, 0.29) is 5.69 Å². The minimum atomic E-state index is 0.0569. The second-order valence-electron chi connectivity index (χ2n) is 7.42. The molecule has 0 amide bonds. The molecule has 7 nitrogen and oxygen atoms in total. The summed E-state index contributed by atoms with van der Waals surface area (Å²) in [5.74, 6) is 3.12. The number of aromatic nitrogens is 3. The summed E-state index contributed by atoms with van der Waals surface area (Å²) < 4.78 is 14.6. The molecule has 2 heterocycles. The van der Waals surface area contributed by atoms with Crippen molar-refractivity contribution < 1.29 is 9.47 Å². The molecule has 0 N–H and O–H groups in total. The van der Waals surface area contributed by atoms with Crippen molar-refractivity contribution in [1.82, 2.24) is 19.2 Å². The summed E-state index contributed by atoms with van der Waals surface area (Å²) in [6.45, 7) is 6.64. The van der Waals surface area contributed by atoms with Crippen molar-refractivity contribution in [2.24, 2.45) is 5.92 Å². The van der Waals surface area contributed by atoms with Gasteiger partial charge in [0.15, 0.2) is 11.5 Å². The van der Waals surface area contributed by atoms with Gasteiger partial charge in [-0.1, -0.05) is 6.07 Å². The van der Waals surface area contributed by atoms with E-state index in [2.05, 4.69) is 16.1 Å². The third kappa shape index (κ3) is 4.03. The number of hydrogen-bond donors (Lipinski definition) is 0. The van der Waals surface area contributed by atoms with E-state index >= 15 is 0 Å². The highest BCUT2D eigenvalue weighted by Gasteiger charge is 2.26. The van der Waals surface area contributed by atoms with Crippen LogP contribution in [0.4, 0.5) is 0 Å². The number of nitrogens with zero attached hydrogens (tertiary/aromatic N) is 4. The molecule has 146 valence electrons. The van der Waals surface area contributed by atoms with Crippen LogP contribution >= 0.6 is 0 Å². The van der Waals surface area contributed by atoms with Gasteiger partial charge < -0.3 is 9.47 Å². The van der Waals surface area contributed by atoms with Crippen LogP contribution < -0.4 is 15.2 Å². The first-order chi connectivity index (χ1) is 13.2. The minimum Gasteiger partial charge on any atom is -0.493 e. The minimum absolute atomic E-state index is 0.0569. The lowest BCUT2D eigenvalue weighted by molar-refractivity contribution is 0.268. The smallest absolute Gasteiger partial charge is 0.345 e. The van der Waals surface area contributed by atoms with Crippen LogP contribution in [0.15, 0.2) is 23.0 Å². The first kappa shape index (κ1) is 18.1. The molecule has 0 spiro atoms. The quantitative estimate of drug-likeness (QED) is 0.743. The van der Waals surface area contributed by atoms with Gasteiger partial charge in [-0.25, -0.2) is 9.48 Å². The van der Waals surface area contributed by atoms with Gasteiger partial charge in [-0.3, -0.25) is 9.47 Å². The third-order valence-corrected chi connectivity index (χ3v) is 5.35. The molecule has 1 fully saturated rings. The van der Waals surface area contributed by atoms with E-state index in [9.17, 15) is 4.79 Å². The Morgan fingerprint density at radius 2 is 2.04 bits per heavy atom. The fourth-order valence-electron chi connectivity index (χ4n) is 3.67. The highest BCUT2D eigenvalue weighted by atomic mass is 16.5. The number of fused-ring (bicyclic) bond motifs is 1. The Bertz CT molecular complexity index is 853. The molecular weight excluding hydrogens is 344 g/mol. The van der Waals surface area contributed by atoms with Crippen molar-refractivity contribution >= 4 is 0 Å². The SMILES string of the molecule is CCOc1ccc(CN2CCc3nn(CC4CC4)c(=O)n3CC2)cc1OC. The van der Waals surface area contributed by atoms with Crippen molar-refractivity contribution in [2.75, 3.05) is 26.8 Å². The van der Waals surface area contributed by atoms with Gasteiger partial charge >= 0.3 is 5.69 Å². The molecule has 2 aliphatic rings. The van der Waals surface area contributed by atoms with Gasteiger partial charge in [0, 0.05) is 39.1 Å². The average Bonchev–Trinajstić information content (AvgIpc) is 3.46. The molecule has 0 unspecified atom stereocenters. The maximum Gasteiger partial charge on any atom is 0.345 e. The Balaban J connectivity index is 1.42. The van der Waals surface area contributed by atoms with Crippen molar-refractivity contribution in [3.63, 3.8) is 0 Å². The lowest BCUT2D eigenvalue weighted by Crippen LogP contribution is -2.30. The molecule has 0 radical (unpaired) electrons. The van der Waals surface area contributed by atoms with E-state index in [0.717, 1.165) is 49.9 Å². The number of rotatable bonds is 7. The average molecular weight is 372 g/mol. The summed E-state index contributed by atoms with van der Waals surface area (Å²) in [6.07, 6.45) is 3.27. The number of benzene rings is 1.